The van der Waals surface area contributed by atoms with Gasteiger partial charge in [0.1, 0.15) is 0 Å². The molecule has 0 aliphatic heterocycles. The topological polar surface area (TPSA) is 42.1 Å². The molecule has 1 atom stereocenters. The zero-order valence-electron chi connectivity index (χ0n) is 11.6. The molecule has 2 rings (SSSR count). The number of rotatable bonds is 5. The standard InChI is InChI=1S/C16H21N3/c1-13-3-5-15(6-4-13)16(17)12-19(2)11-14-7-9-18-10-8-14/h3-10,16H,11-12,17H2,1-2H3. The van der Waals surface area contributed by atoms with E-state index in [0.29, 0.717) is 0 Å². The second-order valence-electron chi connectivity index (χ2n) is 5.07. The van der Waals surface area contributed by atoms with Gasteiger partial charge in [0.05, 0.1) is 0 Å². The smallest absolute Gasteiger partial charge is 0.0424 e. The molecular formula is C16H21N3. The lowest BCUT2D eigenvalue weighted by Gasteiger charge is -2.21. The molecule has 0 aliphatic carbocycles. The highest BCUT2D eigenvalue weighted by atomic mass is 15.1. The average Bonchev–Trinajstić information content (AvgIpc) is 2.40. The van der Waals surface area contributed by atoms with Crippen molar-refractivity contribution in [2.75, 3.05) is 13.6 Å². The lowest BCUT2D eigenvalue weighted by Crippen LogP contribution is -2.28. The molecule has 3 nitrogen and oxygen atoms in total. The second-order valence-corrected chi connectivity index (χ2v) is 5.07. The molecule has 0 saturated heterocycles. The van der Waals surface area contributed by atoms with Crippen LogP contribution >= 0.6 is 0 Å². The summed E-state index contributed by atoms with van der Waals surface area (Å²) in [4.78, 5) is 6.26. The molecule has 19 heavy (non-hydrogen) atoms. The SMILES string of the molecule is Cc1ccc(C(N)CN(C)Cc2ccncc2)cc1. The first-order valence-corrected chi connectivity index (χ1v) is 6.55. The Morgan fingerprint density at radius 3 is 2.37 bits per heavy atom. The van der Waals surface area contributed by atoms with Gasteiger partial charge in [0.15, 0.2) is 0 Å². The molecule has 0 spiro atoms. The third-order valence-corrected chi connectivity index (χ3v) is 3.22. The predicted molar refractivity (Wildman–Crippen MR) is 78.7 cm³/mol. The van der Waals surface area contributed by atoms with Crippen molar-refractivity contribution in [1.29, 1.82) is 0 Å². The number of aromatic nitrogens is 1. The summed E-state index contributed by atoms with van der Waals surface area (Å²) in [5, 5.41) is 0. The normalized spacial score (nSPS) is 12.6. The Balaban J connectivity index is 1.91. The Labute approximate surface area is 115 Å². The summed E-state index contributed by atoms with van der Waals surface area (Å²) in [7, 11) is 2.09. The second kappa shape index (κ2) is 6.45. The van der Waals surface area contributed by atoms with E-state index in [1.165, 1.54) is 16.7 Å². The number of benzene rings is 1. The molecular weight excluding hydrogens is 234 g/mol. The first-order valence-electron chi connectivity index (χ1n) is 6.55. The van der Waals surface area contributed by atoms with Gasteiger partial charge in [-0.15, -0.1) is 0 Å². The van der Waals surface area contributed by atoms with E-state index in [1.807, 2.05) is 24.5 Å². The zero-order valence-corrected chi connectivity index (χ0v) is 11.6. The lowest BCUT2D eigenvalue weighted by atomic mass is 10.1. The predicted octanol–water partition coefficient (Wildman–Crippen LogP) is 2.52. The Hall–Kier alpha value is -1.71. The van der Waals surface area contributed by atoms with E-state index in [2.05, 4.69) is 48.1 Å². The van der Waals surface area contributed by atoms with Crippen LogP contribution in [0.25, 0.3) is 0 Å². The Kier molecular flexibility index (Phi) is 4.66. The quantitative estimate of drug-likeness (QED) is 0.892. The molecule has 1 unspecified atom stereocenters. The van der Waals surface area contributed by atoms with Crippen LogP contribution in [0.2, 0.25) is 0 Å². The first-order chi connectivity index (χ1) is 9.15. The maximum atomic E-state index is 6.25. The van der Waals surface area contributed by atoms with Gasteiger partial charge in [-0.2, -0.15) is 0 Å². The van der Waals surface area contributed by atoms with Crippen molar-refractivity contribution in [3.8, 4) is 0 Å². The third kappa shape index (κ3) is 4.16. The van der Waals surface area contributed by atoms with E-state index < -0.39 is 0 Å². The molecule has 2 N–H and O–H groups in total. The van der Waals surface area contributed by atoms with Crippen LogP contribution in [0.1, 0.15) is 22.7 Å². The van der Waals surface area contributed by atoms with Gasteiger partial charge in [0.2, 0.25) is 0 Å². The number of likely N-dealkylation sites (N-methyl/N-ethyl adjacent to an activating group) is 1. The van der Waals surface area contributed by atoms with Crippen molar-refractivity contribution in [2.24, 2.45) is 5.73 Å². The van der Waals surface area contributed by atoms with Crippen LogP contribution in [0, 0.1) is 6.92 Å². The van der Waals surface area contributed by atoms with Crippen LogP contribution in [-0.2, 0) is 6.54 Å². The Bertz CT molecular complexity index is 493. The average molecular weight is 255 g/mol. The molecule has 1 heterocycles. The Morgan fingerprint density at radius 1 is 1.11 bits per heavy atom. The number of aryl methyl sites for hydroxylation is 1. The van der Waals surface area contributed by atoms with Gasteiger partial charge < -0.3 is 10.6 Å². The minimum atomic E-state index is 0.0486. The van der Waals surface area contributed by atoms with E-state index in [4.69, 9.17) is 5.73 Å². The van der Waals surface area contributed by atoms with Gasteiger partial charge in [0, 0.05) is 31.5 Å². The molecule has 0 radical (unpaired) electrons. The minimum Gasteiger partial charge on any atom is -0.323 e. The summed E-state index contributed by atoms with van der Waals surface area (Å²) in [5.74, 6) is 0. The summed E-state index contributed by atoms with van der Waals surface area (Å²) in [6.45, 7) is 3.82. The maximum Gasteiger partial charge on any atom is 0.0424 e. The van der Waals surface area contributed by atoms with Gasteiger partial charge in [-0.1, -0.05) is 29.8 Å². The summed E-state index contributed by atoms with van der Waals surface area (Å²) in [5.41, 5.74) is 9.96. The summed E-state index contributed by atoms with van der Waals surface area (Å²) >= 11 is 0. The van der Waals surface area contributed by atoms with Gasteiger partial charge in [-0.3, -0.25) is 4.98 Å². The highest BCUT2D eigenvalue weighted by molar-refractivity contribution is 5.24. The van der Waals surface area contributed by atoms with Crippen LogP contribution in [0.3, 0.4) is 0 Å². The van der Waals surface area contributed by atoms with Crippen molar-refractivity contribution < 1.29 is 0 Å². The first kappa shape index (κ1) is 13.7. The van der Waals surface area contributed by atoms with E-state index in [-0.39, 0.29) is 6.04 Å². The molecule has 0 fully saturated rings. The highest BCUT2D eigenvalue weighted by Gasteiger charge is 2.09. The summed E-state index contributed by atoms with van der Waals surface area (Å²) in [6, 6.07) is 12.6. The van der Waals surface area contributed by atoms with Crippen LogP contribution < -0.4 is 5.73 Å². The fraction of sp³-hybridized carbons (Fsp3) is 0.312. The van der Waals surface area contributed by atoms with Crippen LogP contribution in [0.15, 0.2) is 48.8 Å². The van der Waals surface area contributed by atoms with Crippen molar-refractivity contribution in [3.05, 3.63) is 65.5 Å². The number of pyridine rings is 1. The van der Waals surface area contributed by atoms with Gasteiger partial charge in [-0.05, 0) is 37.2 Å². The number of nitrogens with zero attached hydrogens (tertiary/aromatic N) is 2. The van der Waals surface area contributed by atoms with Gasteiger partial charge in [-0.25, -0.2) is 0 Å². The minimum absolute atomic E-state index is 0.0486. The molecule has 0 saturated carbocycles. The van der Waals surface area contributed by atoms with Gasteiger partial charge >= 0.3 is 0 Å². The molecule has 3 heteroatoms. The van der Waals surface area contributed by atoms with Crippen molar-refractivity contribution in [2.45, 2.75) is 19.5 Å². The zero-order chi connectivity index (χ0) is 13.7. The van der Waals surface area contributed by atoms with E-state index >= 15 is 0 Å². The van der Waals surface area contributed by atoms with E-state index in [9.17, 15) is 0 Å². The summed E-state index contributed by atoms with van der Waals surface area (Å²) in [6.07, 6.45) is 3.64. The molecule has 0 amide bonds. The monoisotopic (exact) mass is 255 g/mol. The number of hydrogen-bond donors (Lipinski definition) is 1. The molecule has 2 aromatic rings. The van der Waals surface area contributed by atoms with Crippen molar-refractivity contribution in [3.63, 3.8) is 0 Å². The van der Waals surface area contributed by atoms with Crippen LogP contribution in [-0.4, -0.2) is 23.5 Å². The van der Waals surface area contributed by atoms with E-state index in [1.54, 1.807) is 0 Å². The van der Waals surface area contributed by atoms with E-state index in [0.717, 1.165) is 13.1 Å². The fourth-order valence-electron chi connectivity index (χ4n) is 2.12. The molecule has 0 bridgehead atoms. The molecule has 1 aromatic heterocycles. The van der Waals surface area contributed by atoms with Gasteiger partial charge in [0.25, 0.3) is 0 Å². The fourth-order valence-corrected chi connectivity index (χ4v) is 2.12. The van der Waals surface area contributed by atoms with Crippen molar-refractivity contribution >= 4 is 0 Å². The molecule has 0 aliphatic rings. The third-order valence-electron chi connectivity index (χ3n) is 3.22. The summed E-state index contributed by atoms with van der Waals surface area (Å²) < 4.78 is 0. The number of hydrogen-bond acceptors (Lipinski definition) is 3. The number of nitrogens with two attached hydrogens (primary N) is 1. The highest BCUT2D eigenvalue weighted by Crippen LogP contribution is 2.13. The Morgan fingerprint density at radius 2 is 1.74 bits per heavy atom. The largest absolute Gasteiger partial charge is 0.323 e. The molecule has 1 aromatic carbocycles. The molecule has 100 valence electrons. The van der Waals surface area contributed by atoms with Crippen LogP contribution in [0.5, 0.6) is 0 Å². The van der Waals surface area contributed by atoms with Crippen LogP contribution in [0.4, 0.5) is 0 Å². The maximum absolute atomic E-state index is 6.25. The lowest BCUT2D eigenvalue weighted by molar-refractivity contribution is 0.305. The van der Waals surface area contributed by atoms with Crippen molar-refractivity contribution in [1.82, 2.24) is 9.88 Å².